The third kappa shape index (κ3) is 4.25. The normalized spacial score (nSPS) is 21.6. The number of piperidine rings is 1. The van der Waals surface area contributed by atoms with Gasteiger partial charge in [-0.15, -0.1) is 0 Å². The summed E-state index contributed by atoms with van der Waals surface area (Å²) in [5.74, 6) is 0.863. The highest BCUT2D eigenvalue weighted by Gasteiger charge is 2.36. The molecule has 5 heteroatoms. The zero-order valence-electron chi connectivity index (χ0n) is 17.4. The summed E-state index contributed by atoms with van der Waals surface area (Å²) in [4.78, 5) is 18.0. The summed E-state index contributed by atoms with van der Waals surface area (Å²) >= 11 is 0. The Labute approximate surface area is 173 Å². The van der Waals surface area contributed by atoms with Crippen LogP contribution in [-0.2, 0) is 0 Å². The second-order valence-corrected chi connectivity index (χ2v) is 8.20. The summed E-state index contributed by atoms with van der Waals surface area (Å²) < 4.78 is 6.04. The number of benzene rings is 2. The van der Waals surface area contributed by atoms with E-state index in [1.165, 1.54) is 0 Å². The SMILES string of the molecule is CC(C)N1CCC(N2C(=O)NCCOc3ccccc3C2c2ccccc2)CC1. The lowest BCUT2D eigenvalue weighted by Crippen LogP contribution is -2.53. The second kappa shape index (κ2) is 8.87. The van der Waals surface area contributed by atoms with Crippen LogP contribution in [0.1, 0.15) is 43.9 Å². The Bertz CT molecular complexity index is 816. The Kier molecular flexibility index (Phi) is 6.05. The summed E-state index contributed by atoms with van der Waals surface area (Å²) in [7, 11) is 0. The molecule has 0 radical (unpaired) electrons. The molecule has 154 valence electrons. The molecule has 1 N–H and O–H groups in total. The topological polar surface area (TPSA) is 44.8 Å². The summed E-state index contributed by atoms with van der Waals surface area (Å²) in [5, 5.41) is 3.09. The molecule has 1 fully saturated rings. The van der Waals surface area contributed by atoms with Crippen molar-refractivity contribution in [1.82, 2.24) is 15.1 Å². The lowest BCUT2D eigenvalue weighted by Gasteiger charge is -2.43. The average Bonchev–Trinajstić information content (AvgIpc) is 2.82. The molecule has 1 atom stereocenters. The fourth-order valence-corrected chi connectivity index (χ4v) is 4.55. The molecule has 2 aromatic rings. The van der Waals surface area contributed by atoms with Gasteiger partial charge in [-0.3, -0.25) is 0 Å². The minimum atomic E-state index is -0.166. The third-order valence-electron chi connectivity index (χ3n) is 6.10. The average molecular weight is 394 g/mol. The van der Waals surface area contributed by atoms with Crippen LogP contribution < -0.4 is 10.1 Å². The van der Waals surface area contributed by atoms with Gasteiger partial charge in [-0.05, 0) is 38.3 Å². The maximum Gasteiger partial charge on any atom is 0.318 e. The maximum atomic E-state index is 13.4. The molecule has 0 saturated carbocycles. The van der Waals surface area contributed by atoms with Crippen molar-refractivity contribution >= 4 is 6.03 Å². The van der Waals surface area contributed by atoms with Gasteiger partial charge < -0.3 is 19.9 Å². The first-order valence-electron chi connectivity index (χ1n) is 10.7. The highest BCUT2D eigenvalue weighted by molar-refractivity contribution is 5.76. The lowest BCUT2D eigenvalue weighted by molar-refractivity contribution is 0.0915. The number of fused-ring (bicyclic) bond motifs is 1. The first kappa shape index (κ1) is 19.8. The Morgan fingerprint density at radius 1 is 1.00 bits per heavy atom. The highest BCUT2D eigenvalue weighted by atomic mass is 16.5. The van der Waals surface area contributed by atoms with Crippen LogP contribution in [0.3, 0.4) is 0 Å². The van der Waals surface area contributed by atoms with Crippen LogP contribution in [0.5, 0.6) is 5.75 Å². The molecular weight excluding hydrogens is 362 g/mol. The predicted octanol–water partition coefficient (Wildman–Crippen LogP) is 4.05. The number of carbonyl (C=O) groups excluding carboxylic acids is 1. The van der Waals surface area contributed by atoms with E-state index in [1.807, 2.05) is 36.4 Å². The molecule has 4 rings (SSSR count). The number of hydrogen-bond acceptors (Lipinski definition) is 3. The molecule has 2 aromatic carbocycles. The van der Waals surface area contributed by atoms with Gasteiger partial charge in [-0.1, -0.05) is 48.5 Å². The molecule has 0 aromatic heterocycles. The smallest absolute Gasteiger partial charge is 0.318 e. The molecule has 0 aliphatic carbocycles. The van der Waals surface area contributed by atoms with Crippen molar-refractivity contribution in [2.75, 3.05) is 26.2 Å². The van der Waals surface area contributed by atoms with Crippen molar-refractivity contribution in [3.63, 3.8) is 0 Å². The van der Waals surface area contributed by atoms with E-state index in [9.17, 15) is 4.79 Å². The van der Waals surface area contributed by atoms with E-state index in [0.29, 0.717) is 19.2 Å². The van der Waals surface area contributed by atoms with Crippen molar-refractivity contribution in [2.24, 2.45) is 0 Å². The van der Waals surface area contributed by atoms with Gasteiger partial charge in [-0.25, -0.2) is 4.79 Å². The summed E-state index contributed by atoms with van der Waals surface area (Å²) in [6.07, 6.45) is 1.97. The van der Waals surface area contributed by atoms with E-state index in [4.69, 9.17) is 4.74 Å². The third-order valence-corrected chi connectivity index (χ3v) is 6.10. The van der Waals surface area contributed by atoms with Crippen LogP contribution in [0, 0.1) is 0 Å². The van der Waals surface area contributed by atoms with Gasteiger partial charge in [0.1, 0.15) is 12.4 Å². The van der Waals surface area contributed by atoms with Crippen molar-refractivity contribution < 1.29 is 9.53 Å². The molecule has 1 unspecified atom stereocenters. The number of carbonyl (C=O) groups is 1. The van der Waals surface area contributed by atoms with Crippen LogP contribution in [0.25, 0.3) is 0 Å². The number of para-hydroxylation sites is 1. The van der Waals surface area contributed by atoms with Gasteiger partial charge in [0.2, 0.25) is 0 Å². The molecule has 0 bridgehead atoms. The molecule has 0 spiro atoms. The van der Waals surface area contributed by atoms with Crippen molar-refractivity contribution in [1.29, 1.82) is 0 Å². The van der Waals surface area contributed by atoms with E-state index in [0.717, 1.165) is 42.8 Å². The van der Waals surface area contributed by atoms with Crippen molar-refractivity contribution in [2.45, 2.75) is 44.8 Å². The number of urea groups is 1. The van der Waals surface area contributed by atoms with E-state index in [2.05, 4.69) is 47.2 Å². The van der Waals surface area contributed by atoms with E-state index in [1.54, 1.807) is 0 Å². The van der Waals surface area contributed by atoms with Gasteiger partial charge >= 0.3 is 6.03 Å². The molecule has 2 heterocycles. The van der Waals surface area contributed by atoms with Gasteiger partial charge in [0, 0.05) is 30.7 Å². The molecule has 2 aliphatic rings. The largest absolute Gasteiger partial charge is 0.491 e. The van der Waals surface area contributed by atoms with Gasteiger partial charge in [0.15, 0.2) is 0 Å². The fourth-order valence-electron chi connectivity index (χ4n) is 4.55. The van der Waals surface area contributed by atoms with E-state index < -0.39 is 0 Å². The Hall–Kier alpha value is -2.53. The second-order valence-electron chi connectivity index (χ2n) is 8.20. The van der Waals surface area contributed by atoms with Crippen LogP contribution in [0.15, 0.2) is 54.6 Å². The Morgan fingerprint density at radius 2 is 1.69 bits per heavy atom. The number of nitrogens with zero attached hydrogens (tertiary/aromatic N) is 2. The molecule has 5 nitrogen and oxygen atoms in total. The van der Waals surface area contributed by atoms with Gasteiger partial charge in [0.05, 0.1) is 12.6 Å². The van der Waals surface area contributed by atoms with Crippen LogP contribution >= 0.6 is 0 Å². The van der Waals surface area contributed by atoms with Gasteiger partial charge in [0.25, 0.3) is 0 Å². The summed E-state index contributed by atoms with van der Waals surface area (Å²) in [6.45, 7) is 7.51. The van der Waals surface area contributed by atoms with Crippen LogP contribution in [0.2, 0.25) is 0 Å². The number of hydrogen-bond donors (Lipinski definition) is 1. The molecule has 2 amide bonds. The van der Waals surface area contributed by atoms with Gasteiger partial charge in [-0.2, -0.15) is 0 Å². The number of nitrogens with one attached hydrogen (secondary N) is 1. The number of likely N-dealkylation sites (tertiary alicyclic amines) is 1. The zero-order chi connectivity index (χ0) is 20.2. The van der Waals surface area contributed by atoms with Crippen molar-refractivity contribution in [3.05, 3.63) is 65.7 Å². The molecule has 1 saturated heterocycles. The predicted molar refractivity (Wildman–Crippen MR) is 115 cm³/mol. The standard InChI is InChI=1S/C24H31N3O2/c1-18(2)26-15-12-20(13-16-26)27-23(19-8-4-3-5-9-19)21-10-6-7-11-22(21)29-17-14-25-24(27)28/h3-11,18,20,23H,12-17H2,1-2H3,(H,25,28). The first-order valence-corrected chi connectivity index (χ1v) is 10.7. The number of amides is 2. The summed E-state index contributed by atoms with van der Waals surface area (Å²) in [6, 6.07) is 19.1. The van der Waals surface area contributed by atoms with Crippen molar-refractivity contribution in [3.8, 4) is 5.75 Å². The number of rotatable bonds is 3. The minimum Gasteiger partial charge on any atom is -0.491 e. The highest BCUT2D eigenvalue weighted by Crippen LogP contribution is 2.38. The maximum absolute atomic E-state index is 13.4. The van der Waals surface area contributed by atoms with E-state index >= 15 is 0 Å². The minimum absolute atomic E-state index is 0.00199. The van der Waals surface area contributed by atoms with E-state index in [-0.39, 0.29) is 18.1 Å². The lowest BCUT2D eigenvalue weighted by atomic mass is 9.92. The Morgan fingerprint density at radius 3 is 2.41 bits per heavy atom. The molecular formula is C24H31N3O2. The quantitative estimate of drug-likeness (QED) is 0.856. The zero-order valence-corrected chi connectivity index (χ0v) is 17.4. The van der Waals surface area contributed by atoms with Crippen LogP contribution in [0.4, 0.5) is 4.79 Å². The molecule has 29 heavy (non-hydrogen) atoms. The number of ether oxygens (including phenoxy) is 1. The first-order chi connectivity index (χ1) is 14.1. The summed E-state index contributed by atoms with van der Waals surface area (Å²) in [5.41, 5.74) is 2.17. The molecule has 2 aliphatic heterocycles. The fraction of sp³-hybridized carbons (Fsp3) is 0.458. The Balaban J connectivity index is 1.76. The van der Waals surface area contributed by atoms with Crippen LogP contribution in [-0.4, -0.2) is 54.2 Å². The monoisotopic (exact) mass is 393 g/mol.